The highest BCUT2D eigenvalue weighted by molar-refractivity contribution is 6.31. The maximum absolute atomic E-state index is 12.6. The average molecular weight is 382 g/mol. The van der Waals surface area contributed by atoms with Crippen molar-refractivity contribution in [2.45, 2.75) is 19.8 Å². The zero-order valence-electron chi connectivity index (χ0n) is 15.5. The number of hydrogen-bond acceptors (Lipinski definition) is 2. The Bertz CT molecular complexity index is 948. The smallest absolute Gasteiger partial charge is 0.224 e. The first-order valence-corrected chi connectivity index (χ1v) is 9.83. The summed E-state index contributed by atoms with van der Waals surface area (Å²) in [5, 5.41) is 4.97. The number of carbonyl (C=O) groups is 1. The Balaban J connectivity index is 1.30. The van der Waals surface area contributed by atoms with Gasteiger partial charge in [-0.05, 0) is 55.7 Å². The number of aryl methyl sites for hydroxylation is 1. The van der Waals surface area contributed by atoms with E-state index < -0.39 is 0 Å². The third-order valence-corrected chi connectivity index (χ3v) is 5.62. The molecule has 0 bridgehead atoms. The number of carbonyl (C=O) groups excluding carboxylic acids is 1. The number of halogens is 1. The third-order valence-electron chi connectivity index (χ3n) is 5.38. The van der Waals surface area contributed by atoms with Gasteiger partial charge in [-0.25, -0.2) is 0 Å². The number of rotatable bonds is 5. The van der Waals surface area contributed by atoms with Gasteiger partial charge in [0, 0.05) is 47.4 Å². The summed E-state index contributed by atoms with van der Waals surface area (Å²) in [6.45, 7) is 4.45. The quantitative estimate of drug-likeness (QED) is 0.691. The molecule has 3 aromatic rings. The maximum Gasteiger partial charge on any atom is 0.224 e. The molecule has 27 heavy (non-hydrogen) atoms. The molecule has 2 aromatic carbocycles. The standard InChI is InChI=1S/C22H24ClN3O/c1-15-2-5-19(6-3-15)26-11-9-17(14-26)22(27)24-10-8-16-13-25-21-7-4-18(23)12-20(16)21/h2-7,12-13,17,25H,8-11,14H2,1H3,(H,24,27). The minimum absolute atomic E-state index is 0.0590. The van der Waals surface area contributed by atoms with Crippen LogP contribution in [-0.2, 0) is 11.2 Å². The maximum atomic E-state index is 12.6. The van der Waals surface area contributed by atoms with Gasteiger partial charge in [0.25, 0.3) is 0 Å². The predicted molar refractivity (Wildman–Crippen MR) is 112 cm³/mol. The molecule has 0 radical (unpaired) electrons. The molecule has 140 valence electrons. The predicted octanol–water partition coefficient (Wildman–Crippen LogP) is 4.31. The topological polar surface area (TPSA) is 48.1 Å². The van der Waals surface area contributed by atoms with Crippen LogP contribution in [0.5, 0.6) is 0 Å². The lowest BCUT2D eigenvalue weighted by Gasteiger charge is -2.18. The minimum atomic E-state index is 0.0590. The highest BCUT2D eigenvalue weighted by Crippen LogP contribution is 2.25. The molecule has 5 heteroatoms. The van der Waals surface area contributed by atoms with Crippen molar-refractivity contribution < 1.29 is 4.79 Å². The van der Waals surface area contributed by atoms with Crippen LogP contribution in [0.25, 0.3) is 10.9 Å². The summed E-state index contributed by atoms with van der Waals surface area (Å²) >= 11 is 6.10. The van der Waals surface area contributed by atoms with Crippen LogP contribution in [0.15, 0.2) is 48.7 Å². The molecule has 1 amide bonds. The second-order valence-corrected chi connectivity index (χ2v) is 7.75. The Hall–Kier alpha value is -2.46. The molecule has 0 spiro atoms. The molecule has 4 nitrogen and oxygen atoms in total. The van der Waals surface area contributed by atoms with Crippen LogP contribution in [0, 0.1) is 12.8 Å². The molecular formula is C22H24ClN3O. The van der Waals surface area contributed by atoms with E-state index in [1.807, 2.05) is 24.4 Å². The van der Waals surface area contributed by atoms with E-state index in [1.54, 1.807) is 0 Å². The van der Waals surface area contributed by atoms with E-state index in [0.29, 0.717) is 6.54 Å². The Labute approximate surface area is 164 Å². The number of nitrogens with one attached hydrogen (secondary N) is 2. The SMILES string of the molecule is Cc1ccc(N2CCC(C(=O)NCCc3c[nH]c4ccc(Cl)cc34)C2)cc1. The Morgan fingerprint density at radius 2 is 2.07 bits per heavy atom. The van der Waals surface area contributed by atoms with Crippen LogP contribution < -0.4 is 10.2 Å². The van der Waals surface area contributed by atoms with E-state index >= 15 is 0 Å². The highest BCUT2D eigenvalue weighted by atomic mass is 35.5. The summed E-state index contributed by atoms with van der Waals surface area (Å²) in [6.07, 6.45) is 3.70. The number of aromatic amines is 1. The van der Waals surface area contributed by atoms with Gasteiger partial charge < -0.3 is 15.2 Å². The van der Waals surface area contributed by atoms with Gasteiger partial charge in [-0.3, -0.25) is 4.79 Å². The van der Waals surface area contributed by atoms with Gasteiger partial charge in [-0.1, -0.05) is 29.3 Å². The summed E-state index contributed by atoms with van der Waals surface area (Å²) in [5.74, 6) is 0.214. The van der Waals surface area contributed by atoms with Gasteiger partial charge >= 0.3 is 0 Å². The number of fused-ring (bicyclic) bond motifs is 1. The van der Waals surface area contributed by atoms with Crippen molar-refractivity contribution in [1.82, 2.24) is 10.3 Å². The normalized spacial score (nSPS) is 16.8. The van der Waals surface area contributed by atoms with Crippen molar-refractivity contribution in [2.24, 2.45) is 5.92 Å². The van der Waals surface area contributed by atoms with Crippen LogP contribution in [-0.4, -0.2) is 30.5 Å². The van der Waals surface area contributed by atoms with Gasteiger partial charge in [0.15, 0.2) is 0 Å². The molecule has 1 atom stereocenters. The minimum Gasteiger partial charge on any atom is -0.371 e. The molecule has 2 N–H and O–H groups in total. The van der Waals surface area contributed by atoms with Gasteiger partial charge in [0.2, 0.25) is 5.91 Å². The summed E-state index contributed by atoms with van der Waals surface area (Å²) in [6, 6.07) is 14.4. The molecule has 0 saturated carbocycles. The lowest BCUT2D eigenvalue weighted by Crippen LogP contribution is -2.34. The Morgan fingerprint density at radius 1 is 1.26 bits per heavy atom. The van der Waals surface area contributed by atoms with E-state index in [4.69, 9.17) is 11.6 Å². The number of aromatic nitrogens is 1. The van der Waals surface area contributed by atoms with Gasteiger partial charge in [0.05, 0.1) is 5.92 Å². The summed E-state index contributed by atoms with van der Waals surface area (Å²) in [7, 11) is 0. The molecule has 1 aliphatic heterocycles. The van der Waals surface area contributed by atoms with E-state index in [0.717, 1.165) is 41.9 Å². The molecular weight excluding hydrogens is 358 g/mol. The van der Waals surface area contributed by atoms with Gasteiger partial charge in [-0.2, -0.15) is 0 Å². The van der Waals surface area contributed by atoms with Crippen molar-refractivity contribution in [1.29, 1.82) is 0 Å². The van der Waals surface area contributed by atoms with E-state index in [2.05, 4.69) is 46.4 Å². The molecule has 1 unspecified atom stereocenters. The van der Waals surface area contributed by atoms with Crippen LogP contribution >= 0.6 is 11.6 Å². The molecule has 0 aliphatic carbocycles. The fourth-order valence-electron chi connectivity index (χ4n) is 3.79. The van der Waals surface area contributed by atoms with Gasteiger partial charge in [0.1, 0.15) is 0 Å². The lowest BCUT2D eigenvalue weighted by molar-refractivity contribution is -0.124. The largest absolute Gasteiger partial charge is 0.371 e. The third kappa shape index (κ3) is 3.96. The van der Waals surface area contributed by atoms with Crippen molar-refractivity contribution in [2.75, 3.05) is 24.5 Å². The van der Waals surface area contributed by atoms with Crippen molar-refractivity contribution >= 4 is 34.1 Å². The zero-order chi connectivity index (χ0) is 18.8. The van der Waals surface area contributed by atoms with Crippen molar-refractivity contribution in [3.05, 3.63) is 64.8 Å². The molecule has 2 heterocycles. The number of nitrogens with zero attached hydrogens (tertiary/aromatic N) is 1. The first kappa shape index (κ1) is 17.9. The average Bonchev–Trinajstić information content (AvgIpc) is 3.30. The highest BCUT2D eigenvalue weighted by Gasteiger charge is 2.28. The molecule has 1 aromatic heterocycles. The number of hydrogen-bond donors (Lipinski definition) is 2. The second-order valence-electron chi connectivity index (χ2n) is 7.31. The van der Waals surface area contributed by atoms with E-state index in [9.17, 15) is 4.79 Å². The first-order chi connectivity index (χ1) is 13.1. The number of benzene rings is 2. The Morgan fingerprint density at radius 3 is 2.89 bits per heavy atom. The molecule has 4 rings (SSSR count). The van der Waals surface area contributed by atoms with Crippen LogP contribution in [0.4, 0.5) is 5.69 Å². The summed E-state index contributed by atoms with van der Waals surface area (Å²) < 4.78 is 0. The number of H-pyrrole nitrogens is 1. The zero-order valence-corrected chi connectivity index (χ0v) is 16.2. The van der Waals surface area contributed by atoms with Crippen molar-refractivity contribution in [3.63, 3.8) is 0 Å². The lowest BCUT2D eigenvalue weighted by atomic mass is 10.1. The fourth-order valence-corrected chi connectivity index (χ4v) is 3.96. The molecule has 1 saturated heterocycles. The van der Waals surface area contributed by atoms with Crippen LogP contribution in [0.2, 0.25) is 5.02 Å². The number of anilines is 1. The molecule has 1 fully saturated rings. The fraction of sp³-hybridized carbons (Fsp3) is 0.318. The van der Waals surface area contributed by atoms with E-state index in [-0.39, 0.29) is 11.8 Å². The van der Waals surface area contributed by atoms with Crippen LogP contribution in [0.1, 0.15) is 17.5 Å². The Kier molecular flexibility index (Phi) is 5.08. The first-order valence-electron chi connectivity index (χ1n) is 9.45. The summed E-state index contributed by atoms with van der Waals surface area (Å²) in [5.41, 5.74) is 4.71. The summed E-state index contributed by atoms with van der Waals surface area (Å²) in [4.78, 5) is 18.1. The monoisotopic (exact) mass is 381 g/mol. The van der Waals surface area contributed by atoms with Crippen LogP contribution in [0.3, 0.4) is 0 Å². The van der Waals surface area contributed by atoms with Gasteiger partial charge in [-0.15, -0.1) is 0 Å². The van der Waals surface area contributed by atoms with E-state index in [1.165, 1.54) is 16.8 Å². The second kappa shape index (κ2) is 7.65. The number of amides is 1. The molecule has 1 aliphatic rings. The van der Waals surface area contributed by atoms with Crippen molar-refractivity contribution in [3.8, 4) is 0 Å².